The Kier molecular flexibility index (Phi) is 4.92. The third-order valence-corrected chi connectivity index (χ3v) is 13.4. The Morgan fingerprint density at radius 3 is 2.15 bits per heavy atom. The quantitative estimate of drug-likeness (QED) is 0.454. The zero-order chi connectivity index (χ0) is 24.4. The topological polar surface area (TPSA) is 57.5 Å². The van der Waals surface area contributed by atoms with E-state index >= 15 is 0 Å². The lowest BCUT2D eigenvalue weighted by atomic mass is 9.32. The molecule has 0 radical (unpaired) electrons. The molecule has 6 unspecified atom stereocenters. The first-order valence-electron chi connectivity index (χ1n) is 13.7. The van der Waals surface area contributed by atoms with Crippen molar-refractivity contribution in [2.75, 3.05) is 0 Å². The molecule has 0 aromatic rings. The molecule has 3 nitrogen and oxygen atoms in total. The maximum Gasteiger partial charge on any atom is 0.137 e. The summed E-state index contributed by atoms with van der Waals surface area (Å²) in [5, 5.41) is 22.8. The Morgan fingerprint density at radius 2 is 1.52 bits per heavy atom. The van der Waals surface area contributed by atoms with Gasteiger partial charge in [-0.3, -0.25) is 4.79 Å². The van der Waals surface area contributed by atoms with Crippen molar-refractivity contribution >= 4 is 5.78 Å². The van der Waals surface area contributed by atoms with E-state index in [1.54, 1.807) is 0 Å². The predicted molar refractivity (Wildman–Crippen MR) is 132 cm³/mol. The van der Waals surface area contributed by atoms with Crippen molar-refractivity contribution in [1.29, 1.82) is 0 Å². The second-order valence-corrected chi connectivity index (χ2v) is 14.8. The Hall–Kier alpha value is -0.670. The van der Waals surface area contributed by atoms with Crippen molar-refractivity contribution in [3.8, 4) is 0 Å². The van der Waals surface area contributed by atoms with Gasteiger partial charge in [-0.1, -0.05) is 48.1 Å². The average Bonchev–Trinajstić information content (AvgIpc) is 3.00. The molecule has 5 saturated carbocycles. The van der Waals surface area contributed by atoms with Crippen LogP contribution in [0.15, 0.2) is 12.2 Å². The van der Waals surface area contributed by atoms with Gasteiger partial charge in [0.05, 0.1) is 11.7 Å². The minimum absolute atomic E-state index is 0.0123. The first-order valence-corrected chi connectivity index (χ1v) is 13.7. The highest BCUT2D eigenvalue weighted by atomic mass is 16.3. The van der Waals surface area contributed by atoms with Crippen LogP contribution in [0.3, 0.4) is 0 Å². The van der Waals surface area contributed by atoms with Crippen LogP contribution >= 0.6 is 0 Å². The van der Waals surface area contributed by atoms with Gasteiger partial charge in [0.2, 0.25) is 0 Å². The molecule has 0 saturated heterocycles. The monoisotopic (exact) mass is 456 g/mol. The van der Waals surface area contributed by atoms with E-state index in [1.807, 2.05) is 6.92 Å². The van der Waals surface area contributed by atoms with E-state index in [9.17, 15) is 15.0 Å². The van der Waals surface area contributed by atoms with Crippen LogP contribution in [0.4, 0.5) is 0 Å². The van der Waals surface area contributed by atoms with Gasteiger partial charge in [-0.15, -0.1) is 0 Å². The maximum absolute atomic E-state index is 14.3. The van der Waals surface area contributed by atoms with E-state index in [-0.39, 0.29) is 45.0 Å². The van der Waals surface area contributed by atoms with E-state index in [1.165, 1.54) is 0 Å². The number of aliphatic hydroxyl groups excluding tert-OH is 1. The van der Waals surface area contributed by atoms with Gasteiger partial charge in [0.1, 0.15) is 5.78 Å². The number of carbonyl (C=O) groups excluding carboxylic acids is 1. The Bertz CT molecular complexity index is 891. The van der Waals surface area contributed by atoms with Gasteiger partial charge >= 0.3 is 0 Å². The largest absolute Gasteiger partial charge is 0.393 e. The zero-order valence-corrected chi connectivity index (χ0v) is 22.3. The van der Waals surface area contributed by atoms with Gasteiger partial charge < -0.3 is 10.2 Å². The molecule has 0 spiro atoms. The molecule has 0 bridgehead atoms. The lowest BCUT2D eigenvalue weighted by Gasteiger charge is -2.72. The van der Waals surface area contributed by atoms with Crippen molar-refractivity contribution in [3.05, 3.63) is 12.2 Å². The highest BCUT2D eigenvalue weighted by molar-refractivity contribution is 5.84. The average molecular weight is 457 g/mol. The third-order valence-electron chi connectivity index (χ3n) is 13.4. The normalized spacial score (nSPS) is 57.5. The minimum Gasteiger partial charge on any atom is -0.393 e. The van der Waals surface area contributed by atoms with Crippen molar-refractivity contribution in [2.45, 2.75) is 118 Å². The summed E-state index contributed by atoms with van der Waals surface area (Å²) in [4.78, 5) is 14.3. The number of ketones is 1. The molecule has 0 heterocycles. The SMILES string of the molecule is C=C(C)C1(O)CC[C@]2(C)CCC3(C)C(C(=O)CC4[C@@]5(C)CC[C@H](O)C(C)(C)C5CC[C@]43C)C12. The molecule has 3 heteroatoms. The van der Waals surface area contributed by atoms with E-state index in [0.29, 0.717) is 24.0 Å². The van der Waals surface area contributed by atoms with Crippen molar-refractivity contribution in [1.82, 2.24) is 0 Å². The van der Waals surface area contributed by atoms with Gasteiger partial charge in [-0.2, -0.15) is 0 Å². The summed E-state index contributed by atoms with van der Waals surface area (Å²) >= 11 is 0. The van der Waals surface area contributed by atoms with Crippen LogP contribution in [0.5, 0.6) is 0 Å². The van der Waals surface area contributed by atoms with Crippen LogP contribution in [-0.4, -0.2) is 27.7 Å². The number of Topliss-reactive ketones (excluding diaryl/α,β-unsaturated/α-hetero) is 1. The molecule has 2 N–H and O–H groups in total. The molecule has 10 atom stereocenters. The fraction of sp³-hybridized carbons (Fsp3) is 0.900. The zero-order valence-electron chi connectivity index (χ0n) is 22.3. The molecule has 0 aromatic heterocycles. The summed E-state index contributed by atoms with van der Waals surface area (Å²) in [5.74, 6) is 1.12. The lowest BCUT2D eigenvalue weighted by Crippen LogP contribution is -2.69. The Morgan fingerprint density at radius 1 is 0.879 bits per heavy atom. The highest BCUT2D eigenvalue weighted by Crippen LogP contribution is 2.77. The molecule has 0 aliphatic heterocycles. The Balaban J connectivity index is 1.62. The number of rotatable bonds is 1. The van der Waals surface area contributed by atoms with E-state index in [0.717, 1.165) is 56.9 Å². The standard InChI is InChI=1S/C30H48O3/c1-18(2)30(33)16-14-26(5)13-15-29(8)23(24(26)30)19(31)17-21-27(6)11-10-22(32)25(3,4)20(27)9-12-28(21,29)7/h20-24,32-33H,1,9-17H2,2-8H3/t20?,21?,22-,23?,24?,26-,27-,28+,29?,30?/m0/s1. The van der Waals surface area contributed by atoms with E-state index in [2.05, 4.69) is 48.1 Å². The second-order valence-electron chi connectivity index (χ2n) is 14.8. The summed E-state index contributed by atoms with van der Waals surface area (Å²) in [6.07, 6.45) is 8.45. The molecule has 0 aromatic carbocycles. The number of aliphatic hydroxyl groups is 2. The summed E-state index contributed by atoms with van der Waals surface area (Å²) in [7, 11) is 0. The Labute approximate surface area is 201 Å². The van der Waals surface area contributed by atoms with Crippen molar-refractivity contribution in [3.63, 3.8) is 0 Å². The van der Waals surface area contributed by atoms with Crippen LogP contribution < -0.4 is 0 Å². The van der Waals surface area contributed by atoms with Crippen molar-refractivity contribution in [2.24, 2.45) is 50.7 Å². The molecule has 33 heavy (non-hydrogen) atoms. The number of fused-ring (bicyclic) bond motifs is 7. The summed E-state index contributed by atoms with van der Waals surface area (Å²) in [5.41, 5.74) is -0.0906. The van der Waals surface area contributed by atoms with Crippen LogP contribution in [0.1, 0.15) is 106 Å². The molecule has 0 amide bonds. The number of carbonyl (C=O) groups is 1. The maximum atomic E-state index is 14.3. The fourth-order valence-electron chi connectivity index (χ4n) is 11.1. The van der Waals surface area contributed by atoms with Gasteiger partial charge in [-0.25, -0.2) is 0 Å². The van der Waals surface area contributed by atoms with Crippen LogP contribution in [-0.2, 0) is 4.79 Å². The molecular weight excluding hydrogens is 408 g/mol. The van der Waals surface area contributed by atoms with Crippen LogP contribution in [0.25, 0.3) is 0 Å². The first kappa shape index (κ1) is 24.0. The lowest BCUT2D eigenvalue weighted by molar-refractivity contribution is -0.244. The molecule has 5 rings (SSSR count). The smallest absolute Gasteiger partial charge is 0.137 e. The second kappa shape index (κ2) is 6.75. The first-order chi connectivity index (χ1) is 15.1. The van der Waals surface area contributed by atoms with E-state index < -0.39 is 5.60 Å². The summed E-state index contributed by atoms with van der Waals surface area (Å²) in [6, 6.07) is 0. The van der Waals surface area contributed by atoms with Gasteiger partial charge in [0.15, 0.2) is 0 Å². The number of hydrogen-bond donors (Lipinski definition) is 2. The van der Waals surface area contributed by atoms with Crippen LogP contribution in [0.2, 0.25) is 0 Å². The summed E-state index contributed by atoms with van der Waals surface area (Å²) in [6.45, 7) is 20.4. The fourth-order valence-corrected chi connectivity index (χ4v) is 11.1. The van der Waals surface area contributed by atoms with Gasteiger partial charge in [0, 0.05) is 18.3 Å². The van der Waals surface area contributed by atoms with Gasteiger partial charge in [0.25, 0.3) is 0 Å². The molecule has 5 aliphatic rings. The number of hydrogen-bond acceptors (Lipinski definition) is 3. The van der Waals surface area contributed by atoms with E-state index in [4.69, 9.17) is 0 Å². The molecule has 5 fully saturated rings. The molecule has 186 valence electrons. The minimum atomic E-state index is -0.919. The van der Waals surface area contributed by atoms with Crippen LogP contribution in [0, 0.1) is 50.7 Å². The summed E-state index contributed by atoms with van der Waals surface area (Å²) < 4.78 is 0. The molecule has 5 aliphatic carbocycles. The van der Waals surface area contributed by atoms with Gasteiger partial charge in [-0.05, 0) is 103 Å². The van der Waals surface area contributed by atoms with Crippen molar-refractivity contribution < 1.29 is 15.0 Å². The molecular formula is C30H48O3. The third kappa shape index (κ3) is 2.68. The highest BCUT2D eigenvalue weighted by Gasteiger charge is 2.74. The predicted octanol–water partition coefficient (Wildman–Crippen LogP) is 6.32.